The number of nitrogens with zero attached hydrogens (tertiary/aromatic N) is 1. The molecule has 1 amide bonds. The van der Waals surface area contributed by atoms with Gasteiger partial charge >= 0.3 is 0 Å². The second kappa shape index (κ2) is 7.33. The highest BCUT2D eigenvalue weighted by Gasteiger charge is 2.16. The Morgan fingerprint density at radius 2 is 1.88 bits per heavy atom. The number of hydrogen-bond acceptors (Lipinski definition) is 2. The van der Waals surface area contributed by atoms with E-state index in [-0.39, 0.29) is 5.91 Å². The van der Waals surface area contributed by atoms with Gasteiger partial charge in [-0.05, 0) is 50.8 Å². The number of aromatic nitrogens is 1. The molecule has 1 aromatic heterocycles. The van der Waals surface area contributed by atoms with E-state index >= 15 is 0 Å². The summed E-state index contributed by atoms with van der Waals surface area (Å²) in [6.45, 7) is 6.15. The number of benzene rings is 1. The summed E-state index contributed by atoms with van der Waals surface area (Å²) in [7, 11) is 0. The Balaban J connectivity index is 1.75. The summed E-state index contributed by atoms with van der Waals surface area (Å²) in [4.78, 5) is 17.1. The van der Waals surface area contributed by atoms with Crippen LogP contribution in [0, 0.1) is 26.7 Å². The molecule has 0 radical (unpaired) electrons. The number of amides is 1. The average Bonchev–Trinajstić information content (AvgIpc) is 2.55. The minimum Gasteiger partial charge on any atom is -0.325 e. The van der Waals surface area contributed by atoms with E-state index in [1.807, 2.05) is 13.0 Å². The van der Waals surface area contributed by atoms with Crippen LogP contribution in [0.1, 0.15) is 61.8 Å². The fourth-order valence-corrected chi connectivity index (χ4v) is 3.94. The Hall–Kier alpha value is -1.90. The summed E-state index contributed by atoms with van der Waals surface area (Å²) < 4.78 is 0. The van der Waals surface area contributed by atoms with E-state index in [1.54, 1.807) is 0 Å². The number of fused-ring (bicyclic) bond motifs is 1. The molecule has 128 valence electrons. The number of nitrogens with one attached hydrogen (secondary N) is 1. The van der Waals surface area contributed by atoms with Crippen LogP contribution in [0.5, 0.6) is 0 Å². The lowest BCUT2D eigenvalue weighted by Crippen LogP contribution is -2.15. The lowest BCUT2D eigenvalue weighted by atomic mass is 9.86. The summed E-state index contributed by atoms with van der Waals surface area (Å²) in [6.07, 6.45) is 8.26. The van der Waals surface area contributed by atoms with Gasteiger partial charge in [0.2, 0.25) is 5.91 Å². The van der Waals surface area contributed by atoms with E-state index < -0.39 is 0 Å². The standard InChI is InChI=1S/C21H28N2O/c1-14-11-15(2)21-18(12-14)19(13-16(3)22-21)23-20(24)10-9-17-7-5-4-6-8-17/h11-13,17H,4-10H2,1-3H3,(H,22,23,24). The molecule has 3 rings (SSSR count). The van der Waals surface area contributed by atoms with Gasteiger partial charge in [-0.1, -0.05) is 43.7 Å². The van der Waals surface area contributed by atoms with Gasteiger partial charge in [0.25, 0.3) is 0 Å². The van der Waals surface area contributed by atoms with Gasteiger partial charge in [-0.15, -0.1) is 0 Å². The Kier molecular flexibility index (Phi) is 5.17. The van der Waals surface area contributed by atoms with E-state index in [4.69, 9.17) is 0 Å². The molecule has 1 aliphatic rings. The van der Waals surface area contributed by atoms with Crippen molar-refractivity contribution < 1.29 is 4.79 Å². The molecule has 1 fully saturated rings. The largest absolute Gasteiger partial charge is 0.325 e. The van der Waals surface area contributed by atoms with Gasteiger partial charge in [-0.3, -0.25) is 9.78 Å². The summed E-state index contributed by atoms with van der Waals surface area (Å²) in [5, 5.41) is 4.19. The number of carbonyl (C=O) groups excluding carboxylic acids is 1. The molecule has 1 heterocycles. The van der Waals surface area contributed by atoms with Crippen molar-refractivity contribution in [1.29, 1.82) is 0 Å². The van der Waals surface area contributed by atoms with E-state index in [2.05, 4.69) is 36.3 Å². The van der Waals surface area contributed by atoms with Crippen molar-refractivity contribution in [2.45, 2.75) is 65.7 Å². The van der Waals surface area contributed by atoms with E-state index in [1.165, 1.54) is 37.7 Å². The Bertz CT molecular complexity index is 745. The van der Waals surface area contributed by atoms with Crippen molar-refractivity contribution in [2.24, 2.45) is 5.92 Å². The molecule has 1 aliphatic carbocycles. The summed E-state index contributed by atoms with van der Waals surface area (Å²) >= 11 is 0. The Labute approximate surface area is 144 Å². The van der Waals surface area contributed by atoms with E-state index in [0.29, 0.717) is 6.42 Å². The molecule has 0 saturated heterocycles. The molecular weight excluding hydrogens is 296 g/mol. The first-order valence-corrected chi connectivity index (χ1v) is 9.21. The fraction of sp³-hybridized carbons (Fsp3) is 0.524. The summed E-state index contributed by atoms with van der Waals surface area (Å²) in [5.74, 6) is 0.872. The van der Waals surface area contributed by atoms with Gasteiger partial charge in [0.05, 0.1) is 11.2 Å². The van der Waals surface area contributed by atoms with Crippen LogP contribution in [-0.4, -0.2) is 10.9 Å². The minimum absolute atomic E-state index is 0.131. The topological polar surface area (TPSA) is 42.0 Å². The molecule has 0 bridgehead atoms. The first kappa shape index (κ1) is 16.9. The SMILES string of the molecule is Cc1cc(C)c2nc(C)cc(NC(=O)CCC3CCCCC3)c2c1. The Morgan fingerprint density at radius 1 is 1.12 bits per heavy atom. The van der Waals surface area contributed by atoms with E-state index in [9.17, 15) is 4.79 Å². The number of hydrogen-bond donors (Lipinski definition) is 1. The summed E-state index contributed by atoms with van der Waals surface area (Å²) in [6, 6.07) is 6.24. The monoisotopic (exact) mass is 324 g/mol. The predicted octanol–water partition coefficient (Wildman–Crippen LogP) is 5.46. The zero-order valence-corrected chi connectivity index (χ0v) is 15.1. The number of pyridine rings is 1. The quantitative estimate of drug-likeness (QED) is 0.811. The lowest BCUT2D eigenvalue weighted by Gasteiger charge is -2.21. The molecule has 1 saturated carbocycles. The van der Waals surface area contributed by atoms with Gasteiger partial charge in [0.1, 0.15) is 0 Å². The molecule has 0 atom stereocenters. The van der Waals surface area contributed by atoms with Crippen molar-refractivity contribution >= 4 is 22.5 Å². The van der Waals surface area contributed by atoms with Crippen molar-refractivity contribution in [1.82, 2.24) is 4.98 Å². The Morgan fingerprint density at radius 3 is 2.62 bits per heavy atom. The smallest absolute Gasteiger partial charge is 0.224 e. The molecule has 0 spiro atoms. The molecule has 1 N–H and O–H groups in total. The normalized spacial score (nSPS) is 15.6. The van der Waals surface area contributed by atoms with Crippen molar-refractivity contribution in [3.63, 3.8) is 0 Å². The van der Waals surface area contributed by atoms with Crippen LogP contribution in [0.2, 0.25) is 0 Å². The van der Waals surface area contributed by atoms with Gasteiger partial charge in [-0.25, -0.2) is 0 Å². The van der Waals surface area contributed by atoms with Crippen LogP contribution in [0.25, 0.3) is 10.9 Å². The molecule has 0 unspecified atom stereocenters. The molecule has 24 heavy (non-hydrogen) atoms. The predicted molar refractivity (Wildman–Crippen MR) is 100 cm³/mol. The number of anilines is 1. The fourth-order valence-electron chi connectivity index (χ4n) is 3.94. The van der Waals surface area contributed by atoms with Crippen LogP contribution in [0.3, 0.4) is 0 Å². The van der Waals surface area contributed by atoms with Gasteiger partial charge in [-0.2, -0.15) is 0 Å². The molecule has 1 aromatic carbocycles. The highest BCUT2D eigenvalue weighted by molar-refractivity contribution is 6.02. The van der Waals surface area contributed by atoms with Crippen LogP contribution in [0.15, 0.2) is 18.2 Å². The van der Waals surface area contributed by atoms with Crippen molar-refractivity contribution in [2.75, 3.05) is 5.32 Å². The zero-order valence-electron chi connectivity index (χ0n) is 15.1. The molecule has 2 aromatic rings. The number of carbonyl (C=O) groups is 1. The average molecular weight is 324 g/mol. The third-order valence-corrected chi connectivity index (χ3v) is 5.15. The van der Waals surface area contributed by atoms with Gasteiger partial charge in [0.15, 0.2) is 0 Å². The maximum Gasteiger partial charge on any atom is 0.224 e. The van der Waals surface area contributed by atoms with E-state index in [0.717, 1.165) is 40.2 Å². The zero-order chi connectivity index (χ0) is 17.1. The maximum absolute atomic E-state index is 12.4. The highest BCUT2D eigenvalue weighted by atomic mass is 16.1. The minimum atomic E-state index is 0.131. The van der Waals surface area contributed by atoms with Gasteiger partial charge in [0, 0.05) is 17.5 Å². The number of aryl methyl sites for hydroxylation is 3. The second-order valence-corrected chi connectivity index (χ2v) is 7.38. The third kappa shape index (κ3) is 3.95. The van der Waals surface area contributed by atoms with Crippen LogP contribution >= 0.6 is 0 Å². The van der Waals surface area contributed by atoms with Crippen LogP contribution in [-0.2, 0) is 4.79 Å². The maximum atomic E-state index is 12.4. The van der Waals surface area contributed by atoms with Crippen LogP contribution < -0.4 is 5.32 Å². The van der Waals surface area contributed by atoms with Gasteiger partial charge < -0.3 is 5.32 Å². The molecule has 3 nitrogen and oxygen atoms in total. The lowest BCUT2D eigenvalue weighted by molar-refractivity contribution is -0.116. The first-order chi connectivity index (χ1) is 11.5. The van der Waals surface area contributed by atoms with Crippen LogP contribution in [0.4, 0.5) is 5.69 Å². The first-order valence-electron chi connectivity index (χ1n) is 9.21. The highest BCUT2D eigenvalue weighted by Crippen LogP contribution is 2.29. The molecule has 3 heteroatoms. The van der Waals surface area contributed by atoms with Crippen molar-refractivity contribution in [3.05, 3.63) is 35.0 Å². The van der Waals surface area contributed by atoms with Crippen molar-refractivity contribution in [3.8, 4) is 0 Å². The number of rotatable bonds is 4. The second-order valence-electron chi connectivity index (χ2n) is 7.38. The molecule has 0 aliphatic heterocycles. The summed E-state index contributed by atoms with van der Waals surface area (Å²) in [5.41, 5.74) is 5.19. The molecular formula is C21H28N2O. The third-order valence-electron chi connectivity index (χ3n) is 5.15.